The fourth-order valence-electron chi connectivity index (χ4n) is 2.03. The zero-order valence-corrected chi connectivity index (χ0v) is 12.7. The lowest BCUT2D eigenvalue weighted by molar-refractivity contribution is -0.118. The molecule has 0 aliphatic carbocycles. The summed E-state index contributed by atoms with van der Waals surface area (Å²) in [6, 6.07) is 3.55. The van der Waals surface area contributed by atoms with Gasteiger partial charge in [-0.25, -0.2) is 14.5 Å². The van der Waals surface area contributed by atoms with Crippen LogP contribution >= 0.6 is 23.2 Å². The predicted octanol–water partition coefficient (Wildman–Crippen LogP) is 2.19. The summed E-state index contributed by atoms with van der Waals surface area (Å²) in [5, 5.41) is 5.71. The molecule has 1 saturated heterocycles. The highest BCUT2D eigenvalue weighted by atomic mass is 35.5. The van der Waals surface area contributed by atoms with Gasteiger partial charge in [-0.1, -0.05) is 23.2 Å². The molecule has 0 bridgehead atoms. The first-order chi connectivity index (χ1) is 9.85. The Morgan fingerprint density at radius 3 is 2.48 bits per heavy atom. The van der Waals surface area contributed by atoms with Gasteiger partial charge in [-0.3, -0.25) is 10.1 Å². The SMILES string of the molecule is CC(Cc1cc(Cl)cc(Cl)c1)NC(=O)N1CC(=O)NC1=O. The van der Waals surface area contributed by atoms with Crippen LogP contribution in [0, 0.1) is 0 Å². The Hall–Kier alpha value is -1.79. The Labute approximate surface area is 131 Å². The molecule has 1 unspecified atom stereocenters. The quantitative estimate of drug-likeness (QED) is 0.834. The number of hydrogen-bond acceptors (Lipinski definition) is 3. The molecule has 1 aliphatic rings. The summed E-state index contributed by atoms with van der Waals surface area (Å²) < 4.78 is 0. The van der Waals surface area contributed by atoms with Crippen LogP contribution in [-0.4, -0.2) is 35.5 Å². The van der Waals surface area contributed by atoms with Crippen molar-refractivity contribution in [3.63, 3.8) is 0 Å². The van der Waals surface area contributed by atoms with Crippen molar-refractivity contribution >= 4 is 41.2 Å². The number of carbonyl (C=O) groups excluding carboxylic acids is 3. The Balaban J connectivity index is 1.95. The highest BCUT2D eigenvalue weighted by Gasteiger charge is 2.32. The lowest BCUT2D eigenvalue weighted by Crippen LogP contribution is -2.45. The first-order valence-electron chi connectivity index (χ1n) is 6.22. The van der Waals surface area contributed by atoms with Gasteiger partial charge >= 0.3 is 12.1 Å². The van der Waals surface area contributed by atoms with Crippen molar-refractivity contribution in [3.05, 3.63) is 33.8 Å². The molecule has 5 amide bonds. The molecule has 1 heterocycles. The van der Waals surface area contributed by atoms with Crippen LogP contribution in [0.3, 0.4) is 0 Å². The van der Waals surface area contributed by atoms with Crippen LogP contribution in [0.5, 0.6) is 0 Å². The minimum atomic E-state index is -0.712. The van der Waals surface area contributed by atoms with Crippen molar-refractivity contribution in [2.75, 3.05) is 6.54 Å². The van der Waals surface area contributed by atoms with E-state index in [1.807, 2.05) is 5.32 Å². The molecule has 0 spiro atoms. The molecule has 1 aromatic rings. The minimum Gasteiger partial charge on any atom is -0.335 e. The Bertz CT molecular complexity index is 586. The normalized spacial score (nSPS) is 15.9. The summed E-state index contributed by atoms with van der Waals surface area (Å²) >= 11 is 11.8. The number of hydrogen-bond donors (Lipinski definition) is 2. The number of nitrogens with zero attached hydrogens (tertiary/aromatic N) is 1. The standard InChI is InChI=1S/C13H13Cl2N3O3/c1-7(2-8-3-9(14)5-10(15)4-8)16-12(20)18-6-11(19)17-13(18)21/h3-5,7H,2,6H2,1H3,(H,16,20)(H,17,19,21). The largest absolute Gasteiger partial charge is 0.335 e. The topological polar surface area (TPSA) is 78.5 Å². The van der Waals surface area contributed by atoms with Crippen molar-refractivity contribution in [2.45, 2.75) is 19.4 Å². The van der Waals surface area contributed by atoms with Crippen LogP contribution in [0.2, 0.25) is 10.0 Å². The van der Waals surface area contributed by atoms with Crippen molar-refractivity contribution in [3.8, 4) is 0 Å². The molecule has 1 aliphatic heterocycles. The molecule has 1 fully saturated rings. The number of rotatable bonds is 3. The molecular weight excluding hydrogens is 317 g/mol. The third-order valence-electron chi connectivity index (χ3n) is 2.87. The average Bonchev–Trinajstić information content (AvgIpc) is 2.66. The van der Waals surface area contributed by atoms with Gasteiger partial charge in [0.25, 0.3) is 0 Å². The van der Waals surface area contributed by atoms with Crippen LogP contribution in [-0.2, 0) is 11.2 Å². The van der Waals surface area contributed by atoms with Crippen molar-refractivity contribution < 1.29 is 14.4 Å². The fraction of sp³-hybridized carbons (Fsp3) is 0.308. The monoisotopic (exact) mass is 329 g/mol. The third-order valence-corrected chi connectivity index (χ3v) is 3.31. The molecule has 21 heavy (non-hydrogen) atoms. The van der Waals surface area contributed by atoms with E-state index < -0.39 is 18.0 Å². The summed E-state index contributed by atoms with van der Waals surface area (Å²) in [4.78, 5) is 35.1. The van der Waals surface area contributed by atoms with Gasteiger partial charge in [0.1, 0.15) is 6.54 Å². The number of benzene rings is 1. The van der Waals surface area contributed by atoms with E-state index in [2.05, 4.69) is 5.32 Å². The van der Waals surface area contributed by atoms with Crippen LogP contribution in [0.15, 0.2) is 18.2 Å². The van der Waals surface area contributed by atoms with Crippen molar-refractivity contribution in [2.24, 2.45) is 0 Å². The van der Waals surface area contributed by atoms with E-state index in [-0.39, 0.29) is 12.6 Å². The first kappa shape index (κ1) is 15.6. The van der Waals surface area contributed by atoms with E-state index in [0.717, 1.165) is 10.5 Å². The number of carbonyl (C=O) groups is 3. The van der Waals surface area contributed by atoms with E-state index >= 15 is 0 Å². The van der Waals surface area contributed by atoms with E-state index in [1.165, 1.54) is 0 Å². The summed E-state index contributed by atoms with van der Waals surface area (Å²) in [6.07, 6.45) is 0.495. The van der Waals surface area contributed by atoms with E-state index in [4.69, 9.17) is 23.2 Å². The second-order valence-electron chi connectivity index (χ2n) is 4.77. The van der Waals surface area contributed by atoms with Gasteiger partial charge in [0.15, 0.2) is 0 Å². The second kappa shape index (κ2) is 6.32. The molecule has 6 nitrogen and oxygen atoms in total. The van der Waals surface area contributed by atoms with E-state index in [9.17, 15) is 14.4 Å². The van der Waals surface area contributed by atoms with Gasteiger partial charge < -0.3 is 5.32 Å². The fourth-order valence-corrected chi connectivity index (χ4v) is 2.60. The number of amides is 5. The van der Waals surface area contributed by atoms with Gasteiger partial charge in [-0.05, 0) is 37.1 Å². The summed E-state index contributed by atoms with van der Waals surface area (Å²) in [6.45, 7) is 1.52. The zero-order chi connectivity index (χ0) is 15.6. The molecule has 0 radical (unpaired) electrons. The number of nitrogens with one attached hydrogen (secondary N) is 2. The summed E-state index contributed by atoms with van der Waals surface area (Å²) in [7, 11) is 0. The van der Waals surface area contributed by atoms with Gasteiger partial charge in [0, 0.05) is 16.1 Å². The number of imide groups is 2. The van der Waals surface area contributed by atoms with Gasteiger partial charge in [0.2, 0.25) is 5.91 Å². The lowest BCUT2D eigenvalue weighted by atomic mass is 10.1. The highest BCUT2D eigenvalue weighted by molar-refractivity contribution is 6.34. The molecule has 2 N–H and O–H groups in total. The second-order valence-corrected chi connectivity index (χ2v) is 5.64. The molecule has 1 atom stereocenters. The maximum Gasteiger partial charge on any atom is 0.332 e. The minimum absolute atomic E-state index is 0.254. The summed E-state index contributed by atoms with van der Waals surface area (Å²) in [5.41, 5.74) is 0.863. The average molecular weight is 330 g/mol. The van der Waals surface area contributed by atoms with Crippen molar-refractivity contribution in [1.82, 2.24) is 15.5 Å². The van der Waals surface area contributed by atoms with Gasteiger partial charge in [-0.2, -0.15) is 0 Å². The number of urea groups is 2. The van der Waals surface area contributed by atoms with E-state index in [0.29, 0.717) is 16.5 Å². The zero-order valence-electron chi connectivity index (χ0n) is 11.2. The number of halogens is 2. The Kier molecular flexibility index (Phi) is 4.69. The van der Waals surface area contributed by atoms with Crippen LogP contribution in [0.1, 0.15) is 12.5 Å². The molecule has 0 aromatic heterocycles. The summed E-state index contributed by atoms with van der Waals surface area (Å²) in [5.74, 6) is -0.496. The predicted molar refractivity (Wildman–Crippen MR) is 78.4 cm³/mol. The van der Waals surface area contributed by atoms with E-state index in [1.54, 1.807) is 25.1 Å². The molecule has 1 aromatic carbocycles. The van der Waals surface area contributed by atoms with Gasteiger partial charge in [-0.15, -0.1) is 0 Å². The van der Waals surface area contributed by atoms with Crippen molar-refractivity contribution in [1.29, 1.82) is 0 Å². The Morgan fingerprint density at radius 2 is 1.95 bits per heavy atom. The third kappa shape index (κ3) is 4.09. The Morgan fingerprint density at radius 1 is 1.33 bits per heavy atom. The molecule has 112 valence electrons. The maximum absolute atomic E-state index is 11.9. The maximum atomic E-state index is 11.9. The highest BCUT2D eigenvalue weighted by Crippen LogP contribution is 2.20. The van der Waals surface area contributed by atoms with Gasteiger partial charge in [0.05, 0.1) is 0 Å². The van der Waals surface area contributed by atoms with Crippen LogP contribution < -0.4 is 10.6 Å². The lowest BCUT2D eigenvalue weighted by Gasteiger charge is -2.18. The smallest absolute Gasteiger partial charge is 0.332 e. The molecule has 8 heteroatoms. The van der Waals surface area contributed by atoms with Crippen LogP contribution in [0.25, 0.3) is 0 Å². The molecule has 2 rings (SSSR count). The van der Waals surface area contributed by atoms with Crippen LogP contribution in [0.4, 0.5) is 9.59 Å². The molecular formula is C13H13Cl2N3O3. The molecule has 0 saturated carbocycles. The first-order valence-corrected chi connectivity index (χ1v) is 6.97.